The fourth-order valence-corrected chi connectivity index (χ4v) is 4.56. The van der Waals surface area contributed by atoms with Gasteiger partial charge in [-0.05, 0) is 55.5 Å². The Hall–Kier alpha value is -3.17. The van der Waals surface area contributed by atoms with Crippen LogP contribution >= 0.6 is 0 Å². The summed E-state index contributed by atoms with van der Waals surface area (Å²) in [6, 6.07) is 12.5. The molecule has 0 spiro atoms. The van der Waals surface area contributed by atoms with E-state index in [1.165, 1.54) is 22.5 Å². The maximum atomic E-state index is 12.7. The van der Waals surface area contributed by atoms with Crippen LogP contribution in [0.1, 0.15) is 29.9 Å². The number of nitrogens with zero attached hydrogens (tertiary/aromatic N) is 3. The lowest BCUT2D eigenvalue weighted by molar-refractivity contribution is 0.102. The van der Waals surface area contributed by atoms with Gasteiger partial charge in [-0.25, -0.2) is 13.1 Å². The minimum atomic E-state index is -3.71. The number of amides is 1. The molecule has 0 bridgehead atoms. The first-order valence-corrected chi connectivity index (χ1v) is 11.0. The van der Waals surface area contributed by atoms with Gasteiger partial charge < -0.3 is 10.4 Å². The Kier molecular flexibility index (Phi) is 6.23. The van der Waals surface area contributed by atoms with Gasteiger partial charge >= 0.3 is 0 Å². The Balaban J connectivity index is 1.84. The number of carbonyl (C=O) groups is 1. The van der Waals surface area contributed by atoms with Crippen molar-refractivity contribution < 1.29 is 18.3 Å². The van der Waals surface area contributed by atoms with Gasteiger partial charge in [0.1, 0.15) is 5.75 Å². The minimum absolute atomic E-state index is 0.00352. The van der Waals surface area contributed by atoms with Crippen LogP contribution in [-0.4, -0.2) is 46.6 Å². The standard InChI is InChI=1S/C21H24N4O4S/c1-4-24(5-2)30(28,29)18-10-11-20(26)19(14-18)23-21(27)16-6-8-17(9-7-16)25-15(3)12-13-22-25/h6-14,26H,4-5H2,1-3H3,(H,23,27). The number of aryl methyl sites for hydroxylation is 1. The number of hydrogen-bond donors (Lipinski definition) is 2. The second-order valence-corrected chi connectivity index (χ2v) is 8.59. The number of nitrogens with one attached hydrogen (secondary N) is 1. The van der Waals surface area contributed by atoms with E-state index in [-0.39, 0.29) is 16.3 Å². The third-order valence-electron chi connectivity index (χ3n) is 4.77. The lowest BCUT2D eigenvalue weighted by Crippen LogP contribution is -2.30. The molecule has 0 unspecified atom stereocenters. The molecule has 8 nitrogen and oxygen atoms in total. The Morgan fingerprint density at radius 1 is 1.10 bits per heavy atom. The predicted molar refractivity (Wildman–Crippen MR) is 114 cm³/mol. The molecule has 0 radical (unpaired) electrons. The van der Waals surface area contributed by atoms with Crippen molar-refractivity contribution in [2.45, 2.75) is 25.7 Å². The van der Waals surface area contributed by atoms with E-state index in [2.05, 4.69) is 10.4 Å². The summed E-state index contributed by atoms with van der Waals surface area (Å²) in [7, 11) is -3.71. The Labute approximate surface area is 175 Å². The molecule has 2 aromatic carbocycles. The molecule has 0 aliphatic heterocycles. The van der Waals surface area contributed by atoms with Crippen LogP contribution in [0, 0.1) is 6.92 Å². The lowest BCUT2D eigenvalue weighted by atomic mass is 10.2. The quantitative estimate of drug-likeness (QED) is 0.563. The van der Waals surface area contributed by atoms with Gasteiger partial charge in [-0.15, -0.1) is 0 Å². The molecular weight excluding hydrogens is 404 g/mol. The smallest absolute Gasteiger partial charge is 0.255 e. The van der Waals surface area contributed by atoms with Crippen molar-refractivity contribution in [1.29, 1.82) is 0 Å². The van der Waals surface area contributed by atoms with Crippen molar-refractivity contribution in [3.63, 3.8) is 0 Å². The average molecular weight is 429 g/mol. The van der Waals surface area contributed by atoms with Crippen LogP contribution < -0.4 is 5.32 Å². The highest BCUT2D eigenvalue weighted by molar-refractivity contribution is 7.89. The van der Waals surface area contributed by atoms with Crippen LogP contribution in [0.3, 0.4) is 0 Å². The van der Waals surface area contributed by atoms with Gasteiger partial charge in [0, 0.05) is 30.5 Å². The van der Waals surface area contributed by atoms with Crippen LogP contribution in [-0.2, 0) is 10.0 Å². The highest BCUT2D eigenvalue weighted by atomic mass is 32.2. The van der Waals surface area contributed by atoms with E-state index in [4.69, 9.17) is 0 Å². The van der Waals surface area contributed by atoms with Crippen molar-refractivity contribution in [3.8, 4) is 11.4 Å². The number of carbonyl (C=O) groups excluding carboxylic acids is 1. The fraction of sp³-hybridized carbons (Fsp3) is 0.238. The Morgan fingerprint density at radius 3 is 2.33 bits per heavy atom. The van der Waals surface area contributed by atoms with E-state index in [1.54, 1.807) is 49.0 Å². The zero-order chi connectivity index (χ0) is 21.9. The third-order valence-corrected chi connectivity index (χ3v) is 6.81. The second kappa shape index (κ2) is 8.68. The molecule has 9 heteroatoms. The number of hydrogen-bond acceptors (Lipinski definition) is 5. The molecule has 1 aromatic heterocycles. The predicted octanol–water partition coefficient (Wildman–Crippen LogP) is 3.17. The molecule has 1 heterocycles. The topological polar surface area (TPSA) is 105 Å². The molecule has 158 valence electrons. The molecule has 2 N–H and O–H groups in total. The van der Waals surface area contributed by atoms with E-state index in [0.717, 1.165) is 11.4 Å². The zero-order valence-corrected chi connectivity index (χ0v) is 17.8. The number of aromatic nitrogens is 2. The van der Waals surface area contributed by atoms with Crippen molar-refractivity contribution in [2.24, 2.45) is 0 Å². The first-order valence-electron chi connectivity index (χ1n) is 9.53. The fourth-order valence-electron chi connectivity index (χ4n) is 3.08. The molecular formula is C21H24N4O4S. The van der Waals surface area contributed by atoms with Crippen LogP contribution in [0.4, 0.5) is 5.69 Å². The number of phenols is 1. The summed E-state index contributed by atoms with van der Waals surface area (Å²) in [6.45, 7) is 6.07. The van der Waals surface area contributed by atoms with Gasteiger partial charge in [-0.1, -0.05) is 13.8 Å². The van der Waals surface area contributed by atoms with Gasteiger partial charge in [0.05, 0.1) is 16.3 Å². The van der Waals surface area contributed by atoms with E-state index < -0.39 is 15.9 Å². The molecule has 1 amide bonds. The van der Waals surface area contributed by atoms with Crippen molar-refractivity contribution in [2.75, 3.05) is 18.4 Å². The SMILES string of the molecule is CCN(CC)S(=O)(=O)c1ccc(O)c(NC(=O)c2ccc(-n3nccc3C)cc2)c1. The van der Waals surface area contributed by atoms with Gasteiger partial charge in [0.15, 0.2) is 0 Å². The summed E-state index contributed by atoms with van der Waals surface area (Å²) in [5, 5.41) is 16.9. The van der Waals surface area contributed by atoms with Crippen LogP contribution in [0.25, 0.3) is 5.69 Å². The Bertz CT molecular complexity index is 1150. The van der Waals surface area contributed by atoms with E-state index in [9.17, 15) is 18.3 Å². The minimum Gasteiger partial charge on any atom is -0.506 e. The second-order valence-electron chi connectivity index (χ2n) is 6.65. The molecule has 3 rings (SSSR count). The van der Waals surface area contributed by atoms with Crippen molar-refractivity contribution >= 4 is 21.6 Å². The van der Waals surface area contributed by atoms with Crippen molar-refractivity contribution in [1.82, 2.24) is 14.1 Å². The average Bonchev–Trinajstić information content (AvgIpc) is 3.16. The number of benzene rings is 2. The normalized spacial score (nSPS) is 11.6. The number of sulfonamides is 1. The van der Waals surface area contributed by atoms with E-state index >= 15 is 0 Å². The third kappa shape index (κ3) is 4.22. The monoisotopic (exact) mass is 428 g/mol. The Morgan fingerprint density at radius 2 is 1.77 bits per heavy atom. The molecule has 30 heavy (non-hydrogen) atoms. The number of phenolic OH excluding ortho intramolecular Hbond substituents is 1. The summed E-state index contributed by atoms with van der Waals surface area (Å²) in [5.74, 6) is -0.683. The molecule has 0 aliphatic carbocycles. The van der Waals surface area contributed by atoms with Crippen LogP contribution in [0.15, 0.2) is 59.6 Å². The largest absolute Gasteiger partial charge is 0.506 e. The van der Waals surface area contributed by atoms with Gasteiger partial charge in [0.2, 0.25) is 10.0 Å². The van der Waals surface area contributed by atoms with E-state index in [1.807, 2.05) is 13.0 Å². The molecule has 3 aromatic rings. The summed E-state index contributed by atoms with van der Waals surface area (Å²) in [5.41, 5.74) is 2.16. The summed E-state index contributed by atoms with van der Waals surface area (Å²) < 4.78 is 28.5. The van der Waals surface area contributed by atoms with Crippen LogP contribution in [0.5, 0.6) is 5.75 Å². The van der Waals surface area contributed by atoms with E-state index in [0.29, 0.717) is 18.7 Å². The number of aromatic hydroxyl groups is 1. The maximum Gasteiger partial charge on any atom is 0.255 e. The summed E-state index contributed by atoms with van der Waals surface area (Å²) >= 11 is 0. The molecule has 0 saturated carbocycles. The first-order chi connectivity index (χ1) is 14.3. The summed E-state index contributed by atoms with van der Waals surface area (Å²) in [6.07, 6.45) is 1.69. The molecule has 0 atom stereocenters. The highest BCUT2D eigenvalue weighted by Gasteiger charge is 2.23. The first kappa shape index (κ1) is 21.5. The maximum absolute atomic E-state index is 12.7. The molecule has 0 fully saturated rings. The van der Waals surface area contributed by atoms with Crippen LogP contribution in [0.2, 0.25) is 0 Å². The lowest BCUT2D eigenvalue weighted by Gasteiger charge is -2.19. The molecule has 0 saturated heterocycles. The van der Waals surface area contributed by atoms with Gasteiger partial charge in [-0.2, -0.15) is 9.40 Å². The number of rotatable bonds is 7. The summed E-state index contributed by atoms with van der Waals surface area (Å²) in [4.78, 5) is 12.6. The van der Waals surface area contributed by atoms with Gasteiger partial charge in [0.25, 0.3) is 5.91 Å². The highest BCUT2D eigenvalue weighted by Crippen LogP contribution is 2.28. The zero-order valence-electron chi connectivity index (χ0n) is 17.0. The number of anilines is 1. The van der Waals surface area contributed by atoms with Crippen molar-refractivity contribution in [3.05, 3.63) is 66.0 Å². The van der Waals surface area contributed by atoms with Gasteiger partial charge in [-0.3, -0.25) is 4.79 Å². The molecule has 0 aliphatic rings.